The van der Waals surface area contributed by atoms with Crippen LogP contribution < -0.4 is 15.6 Å². The van der Waals surface area contributed by atoms with Gasteiger partial charge in [0, 0.05) is 19.8 Å². The summed E-state index contributed by atoms with van der Waals surface area (Å²) in [6, 6.07) is 10.9. The number of aromatic amines is 1. The third-order valence-corrected chi connectivity index (χ3v) is 3.62. The molecule has 1 aromatic carbocycles. The Bertz CT molecular complexity index is 727. The van der Waals surface area contributed by atoms with Crippen LogP contribution in [0.2, 0.25) is 0 Å². The van der Waals surface area contributed by atoms with Crippen molar-refractivity contribution in [3.8, 4) is 5.75 Å². The summed E-state index contributed by atoms with van der Waals surface area (Å²) in [7, 11) is 1.68. The van der Waals surface area contributed by atoms with E-state index in [1.807, 2.05) is 18.2 Å². The SMILES string of the molecule is CCc1cccc(OCCCN(C)C(=O)Nc2ccc[nH]c2=O)c1. The highest BCUT2D eigenvalue weighted by molar-refractivity contribution is 5.88. The number of aryl methyl sites for hydroxylation is 1. The molecule has 0 aliphatic heterocycles. The molecule has 6 nitrogen and oxygen atoms in total. The van der Waals surface area contributed by atoms with Gasteiger partial charge in [-0.15, -0.1) is 0 Å². The number of pyridine rings is 1. The second-order valence-electron chi connectivity index (χ2n) is 5.47. The summed E-state index contributed by atoms with van der Waals surface area (Å²) in [5.74, 6) is 0.845. The number of amides is 2. The molecule has 2 aromatic rings. The number of rotatable bonds is 7. The van der Waals surface area contributed by atoms with Crippen LogP contribution >= 0.6 is 0 Å². The van der Waals surface area contributed by atoms with Crippen LogP contribution in [0.15, 0.2) is 47.4 Å². The Morgan fingerprint density at radius 1 is 1.29 bits per heavy atom. The maximum atomic E-state index is 12.0. The molecule has 0 saturated heterocycles. The first-order valence-corrected chi connectivity index (χ1v) is 8.01. The molecule has 0 atom stereocenters. The Morgan fingerprint density at radius 3 is 2.88 bits per heavy atom. The normalized spacial score (nSPS) is 10.2. The van der Waals surface area contributed by atoms with E-state index in [1.54, 1.807) is 19.2 Å². The van der Waals surface area contributed by atoms with Crippen molar-refractivity contribution >= 4 is 11.7 Å². The molecule has 2 amide bonds. The number of aromatic nitrogens is 1. The minimum Gasteiger partial charge on any atom is -0.494 e. The van der Waals surface area contributed by atoms with Gasteiger partial charge in [0.15, 0.2) is 0 Å². The van der Waals surface area contributed by atoms with E-state index in [2.05, 4.69) is 23.3 Å². The predicted molar refractivity (Wildman–Crippen MR) is 94.6 cm³/mol. The van der Waals surface area contributed by atoms with Crippen molar-refractivity contribution in [2.75, 3.05) is 25.5 Å². The molecule has 1 heterocycles. The van der Waals surface area contributed by atoms with E-state index in [4.69, 9.17) is 4.74 Å². The Balaban J connectivity index is 1.74. The zero-order chi connectivity index (χ0) is 17.4. The van der Waals surface area contributed by atoms with E-state index in [0.29, 0.717) is 19.6 Å². The number of carbonyl (C=O) groups excluding carboxylic acids is 1. The van der Waals surface area contributed by atoms with Crippen LogP contribution in [0.5, 0.6) is 5.75 Å². The van der Waals surface area contributed by atoms with Crippen LogP contribution in [0.4, 0.5) is 10.5 Å². The summed E-state index contributed by atoms with van der Waals surface area (Å²) >= 11 is 0. The highest BCUT2D eigenvalue weighted by atomic mass is 16.5. The number of hydrogen-bond acceptors (Lipinski definition) is 3. The second kappa shape index (κ2) is 8.76. The lowest BCUT2D eigenvalue weighted by atomic mass is 10.2. The lowest BCUT2D eigenvalue weighted by Crippen LogP contribution is -2.34. The zero-order valence-electron chi connectivity index (χ0n) is 14.0. The monoisotopic (exact) mass is 329 g/mol. The number of nitrogens with zero attached hydrogens (tertiary/aromatic N) is 1. The fourth-order valence-corrected chi connectivity index (χ4v) is 2.18. The Morgan fingerprint density at radius 2 is 2.12 bits per heavy atom. The maximum Gasteiger partial charge on any atom is 0.321 e. The molecule has 0 aliphatic carbocycles. The fourth-order valence-electron chi connectivity index (χ4n) is 2.18. The van der Waals surface area contributed by atoms with E-state index >= 15 is 0 Å². The number of anilines is 1. The van der Waals surface area contributed by atoms with Crippen molar-refractivity contribution in [1.29, 1.82) is 0 Å². The first-order chi connectivity index (χ1) is 11.6. The topological polar surface area (TPSA) is 74.4 Å². The van der Waals surface area contributed by atoms with Crippen LogP contribution in [-0.4, -0.2) is 36.1 Å². The van der Waals surface area contributed by atoms with E-state index in [0.717, 1.165) is 12.2 Å². The first-order valence-electron chi connectivity index (χ1n) is 8.01. The molecule has 0 fully saturated rings. The third-order valence-electron chi connectivity index (χ3n) is 3.62. The number of ether oxygens (including phenoxy) is 1. The molecular formula is C18H23N3O3. The summed E-state index contributed by atoms with van der Waals surface area (Å²) in [6.45, 7) is 3.16. The van der Waals surface area contributed by atoms with E-state index < -0.39 is 0 Å². The van der Waals surface area contributed by atoms with E-state index in [-0.39, 0.29) is 17.3 Å². The van der Waals surface area contributed by atoms with Crippen LogP contribution in [0.1, 0.15) is 18.9 Å². The molecule has 0 aliphatic rings. The van der Waals surface area contributed by atoms with Crippen molar-refractivity contribution < 1.29 is 9.53 Å². The highest BCUT2D eigenvalue weighted by Crippen LogP contribution is 2.13. The average Bonchev–Trinajstić information content (AvgIpc) is 2.60. The van der Waals surface area contributed by atoms with E-state index in [1.165, 1.54) is 16.7 Å². The second-order valence-corrected chi connectivity index (χ2v) is 5.47. The van der Waals surface area contributed by atoms with Crippen LogP contribution in [0.3, 0.4) is 0 Å². The minimum atomic E-state index is -0.321. The summed E-state index contributed by atoms with van der Waals surface area (Å²) in [4.78, 5) is 27.6. The first kappa shape index (κ1) is 17.6. The minimum absolute atomic E-state index is 0.238. The van der Waals surface area contributed by atoms with Gasteiger partial charge in [0.1, 0.15) is 11.4 Å². The van der Waals surface area contributed by atoms with Crippen molar-refractivity contribution in [3.05, 3.63) is 58.5 Å². The van der Waals surface area contributed by atoms with Gasteiger partial charge in [0.05, 0.1) is 6.61 Å². The molecule has 0 radical (unpaired) electrons. The Kier molecular flexibility index (Phi) is 6.42. The highest BCUT2D eigenvalue weighted by Gasteiger charge is 2.10. The van der Waals surface area contributed by atoms with Gasteiger partial charge in [-0.1, -0.05) is 19.1 Å². The maximum absolute atomic E-state index is 12.0. The molecular weight excluding hydrogens is 306 g/mol. The van der Waals surface area contributed by atoms with Crippen LogP contribution in [-0.2, 0) is 6.42 Å². The number of hydrogen-bond donors (Lipinski definition) is 2. The average molecular weight is 329 g/mol. The number of nitrogens with one attached hydrogen (secondary N) is 2. The molecule has 2 N–H and O–H groups in total. The lowest BCUT2D eigenvalue weighted by Gasteiger charge is -2.17. The van der Waals surface area contributed by atoms with Gasteiger partial charge >= 0.3 is 6.03 Å². The molecule has 1 aromatic heterocycles. The van der Waals surface area contributed by atoms with Gasteiger partial charge in [0.2, 0.25) is 0 Å². The number of urea groups is 1. The summed E-state index contributed by atoms with van der Waals surface area (Å²) in [5.41, 5.74) is 1.15. The van der Waals surface area contributed by atoms with E-state index in [9.17, 15) is 9.59 Å². The fraction of sp³-hybridized carbons (Fsp3) is 0.333. The standard InChI is InChI=1S/C18H23N3O3/c1-3-14-7-4-8-15(13-14)24-12-6-11-21(2)18(23)20-16-9-5-10-19-17(16)22/h4-5,7-10,13H,3,6,11-12H2,1-2H3,(H,19,22)(H,20,23). The van der Waals surface area contributed by atoms with Crippen molar-refractivity contribution in [2.45, 2.75) is 19.8 Å². The molecule has 0 bridgehead atoms. The van der Waals surface area contributed by atoms with Crippen molar-refractivity contribution in [1.82, 2.24) is 9.88 Å². The van der Waals surface area contributed by atoms with Crippen LogP contribution in [0.25, 0.3) is 0 Å². The summed E-state index contributed by atoms with van der Waals surface area (Å²) in [6.07, 6.45) is 3.19. The van der Waals surface area contributed by atoms with Gasteiger partial charge in [-0.25, -0.2) is 4.79 Å². The Hall–Kier alpha value is -2.76. The lowest BCUT2D eigenvalue weighted by molar-refractivity contribution is 0.216. The molecule has 0 unspecified atom stereocenters. The van der Waals surface area contributed by atoms with Crippen molar-refractivity contribution in [3.63, 3.8) is 0 Å². The quantitative estimate of drug-likeness (QED) is 0.767. The smallest absolute Gasteiger partial charge is 0.321 e. The number of benzene rings is 1. The number of H-pyrrole nitrogens is 1. The van der Waals surface area contributed by atoms with Gasteiger partial charge in [-0.3, -0.25) is 4.79 Å². The van der Waals surface area contributed by atoms with Gasteiger partial charge in [-0.05, 0) is 42.7 Å². The molecule has 0 saturated carbocycles. The van der Waals surface area contributed by atoms with Crippen LogP contribution in [0, 0.1) is 0 Å². The Labute approximate surface area is 141 Å². The van der Waals surface area contributed by atoms with Gasteiger partial charge < -0.3 is 19.9 Å². The van der Waals surface area contributed by atoms with Gasteiger partial charge in [0.25, 0.3) is 5.56 Å². The molecule has 2 rings (SSSR count). The molecule has 24 heavy (non-hydrogen) atoms. The summed E-state index contributed by atoms with van der Waals surface area (Å²) < 4.78 is 5.70. The predicted octanol–water partition coefficient (Wildman–Crippen LogP) is 2.87. The van der Waals surface area contributed by atoms with Gasteiger partial charge in [-0.2, -0.15) is 0 Å². The summed E-state index contributed by atoms with van der Waals surface area (Å²) in [5, 5.41) is 2.59. The third kappa shape index (κ3) is 5.15. The number of carbonyl (C=O) groups is 1. The molecule has 6 heteroatoms. The largest absolute Gasteiger partial charge is 0.494 e. The molecule has 128 valence electrons. The zero-order valence-corrected chi connectivity index (χ0v) is 14.0. The van der Waals surface area contributed by atoms with Crippen molar-refractivity contribution in [2.24, 2.45) is 0 Å². The molecule has 0 spiro atoms.